The number of aliphatic hydroxyl groups excluding tert-OH is 1. The van der Waals surface area contributed by atoms with Crippen LogP contribution in [0.1, 0.15) is 30.6 Å². The summed E-state index contributed by atoms with van der Waals surface area (Å²) in [6.45, 7) is 2.20. The molecular formula is C14H19N3O2. The van der Waals surface area contributed by atoms with Crippen LogP contribution in [0.5, 0.6) is 0 Å². The van der Waals surface area contributed by atoms with Crippen LogP contribution in [-0.4, -0.2) is 31.7 Å². The molecule has 19 heavy (non-hydrogen) atoms. The van der Waals surface area contributed by atoms with Crippen LogP contribution in [0.15, 0.2) is 18.2 Å². The van der Waals surface area contributed by atoms with Gasteiger partial charge < -0.3 is 15.3 Å². The molecule has 0 aliphatic rings. The van der Waals surface area contributed by atoms with Gasteiger partial charge in [-0.2, -0.15) is 5.26 Å². The van der Waals surface area contributed by atoms with E-state index in [4.69, 9.17) is 5.26 Å². The first kappa shape index (κ1) is 15.0. The smallest absolute Gasteiger partial charge is 0.221 e. The molecule has 0 saturated carbocycles. The largest absolute Gasteiger partial charge is 0.389 e. The number of hydrogen-bond donors (Lipinski definition) is 2. The lowest BCUT2D eigenvalue weighted by Crippen LogP contribution is -2.27. The molecule has 0 saturated heterocycles. The second kappa shape index (κ2) is 6.76. The molecule has 0 radical (unpaired) electrons. The van der Waals surface area contributed by atoms with E-state index in [1.165, 1.54) is 0 Å². The van der Waals surface area contributed by atoms with Crippen molar-refractivity contribution in [3.8, 4) is 6.07 Å². The maximum Gasteiger partial charge on any atom is 0.221 e. The summed E-state index contributed by atoms with van der Waals surface area (Å²) in [4.78, 5) is 13.1. The van der Waals surface area contributed by atoms with Gasteiger partial charge in [0.15, 0.2) is 0 Å². The summed E-state index contributed by atoms with van der Waals surface area (Å²) in [5.41, 5.74) is 2.06. The Morgan fingerprint density at radius 1 is 1.58 bits per heavy atom. The van der Waals surface area contributed by atoms with Gasteiger partial charge in [0.2, 0.25) is 5.91 Å². The van der Waals surface area contributed by atoms with Crippen LogP contribution in [0.3, 0.4) is 0 Å². The van der Waals surface area contributed by atoms with Crippen molar-refractivity contribution >= 4 is 11.6 Å². The van der Waals surface area contributed by atoms with Crippen molar-refractivity contribution < 1.29 is 9.90 Å². The third-order valence-electron chi connectivity index (χ3n) is 2.97. The van der Waals surface area contributed by atoms with Crippen molar-refractivity contribution in [2.24, 2.45) is 0 Å². The Bertz CT molecular complexity index is 492. The third kappa shape index (κ3) is 3.97. The highest BCUT2D eigenvalue weighted by Gasteiger charge is 2.13. The molecule has 1 amide bonds. The second-order valence-electron chi connectivity index (χ2n) is 4.41. The first-order valence-electron chi connectivity index (χ1n) is 6.13. The van der Waals surface area contributed by atoms with Gasteiger partial charge in [0.1, 0.15) is 0 Å². The number of rotatable bonds is 5. The molecule has 0 heterocycles. The van der Waals surface area contributed by atoms with Gasteiger partial charge in [-0.15, -0.1) is 0 Å². The second-order valence-corrected chi connectivity index (χ2v) is 4.41. The SMILES string of the molecule is CNC(=O)CCN(C)c1cc(C#N)ccc1[C@H](C)O. The predicted octanol–water partition coefficient (Wildman–Crippen LogP) is 1.18. The van der Waals surface area contributed by atoms with E-state index in [1.54, 1.807) is 32.2 Å². The first-order valence-corrected chi connectivity index (χ1v) is 6.13. The van der Waals surface area contributed by atoms with E-state index in [2.05, 4.69) is 11.4 Å². The van der Waals surface area contributed by atoms with Crippen LogP contribution in [0.4, 0.5) is 5.69 Å². The molecule has 1 aromatic carbocycles. The molecule has 102 valence electrons. The predicted molar refractivity (Wildman–Crippen MR) is 73.7 cm³/mol. The van der Waals surface area contributed by atoms with Gasteiger partial charge in [-0.1, -0.05) is 6.07 Å². The molecule has 0 aromatic heterocycles. The van der Waals surface area contributed by atoms with Gasteiger partial charge in [0.25, 0.3) is 0 Å². The fourth-order valence-corrected chi connectivity index (χ4v) is 1.81. The van der Waals surface area contributed by atoms with Crippen molar-refractivity contribution in [1.82, 2.24) is 5.32 Å². The number of nitriles is 1. The number of nitrogens with zero attached hydrogens (tertiary/aromatic N) is 2. The van der Waals surface area contributed by atoms with Crippen molar-refractivity contribution in [1.29, 1.82) is 5.26 Å². The van der Waals surface area contributed by atoms with E-state index in [0.29, 0.717) is 18.5 Å². The minimum Gasteiger partial charge on any atom is -0.389 e. The van der Waals surface area contributed by atoms with Crippen LogP contribution < -0.4 is 10.2 Å². The van der Waals surface area contributed by atoms with Crippen LogP contribution in [0.25, 0.3) is 0 Å². The Labute approximate surface area is 113 Å². The number of carbonyl (C=O) groups excluding carboxylic acids is 1. The number of nitrogens with one attached hydrogen (secondary N) is 1. The number of amides is 1. The van der Waals surface area contributed by atoms with E-state index >= 15 is 0 Å². The van der Waals surface area contributed by atoms with Gasteiger partial charge in [0.05, 0.1) is 17.7 Å². The van der Waals surface area contributed by atoms with Crippen LogP contribution in [0.2, 0.25) is 0 Å². The summed E-state index contributed by atoms with van der Waals surface area (Å²) in [5, 5.41) is 21.3. The Kier molecular flexibility index (Phi) is 5.34. The molecule has 2 N–H and O–H groups in total. The highest BCUT2D eigenvalue weighted by molar-refractivity contribution is 5.76. The quantitative estimate of drug-likeness (QED) is 0.834. The lowest BCUT2D eigenvalue weighted by atomic mass is 10.0. The topological polar surface area (TPSA) is 76.4 Å². The minimum atomic E-state index is -0.620. The molecule has 0 unspecified atom stereocenters. The lowest BCUT2D eigenvalue weighted by molar-refractivity contribution is -0.120. The zero-order valence-corrected chi connectivity index (χ0v) is 11.5. The number of aliphatic hydroxyl groups is 1. The standard InChI is InChI=1S/C14H19N3O2/c1-10(18)12-5-4-11(9-15)8-13(12)17(3)7-6-14(19)16-2/h4-5,8,10,18H,6-7H2,1-3H3,(H,16,19)/t10-/m0/s1. The molecule has 0 aliphatic carbocycles. The number of hydrogen-bond acceptors (Lipinski definition) is 4. The molecule has 0 bridgehead atoms. The maximum absolute atomic E-state index is 11.2. The van der Waals surface area contributed by atoms with Gasteiger partial charge in [-0.3, -0.25) is 4.79 Å². The van der Waals surface area contributed by atoms with Crippen molar-refractivity contribution in [2.45, 2.75) is 19.4 Å². The molecule has 1 aromatic rings. The fraction of sp³-hybridized carbons (Fsp3) is 0.429. The van der Waals surface area contributed by atoms with Gasteiger partial charge >= 0.3 is 0 Å². The average Bonchev–Trinajstić information content (AvgIpc) is 2.43. The number of benzene rings is 1. The van der Waals surface area contributed by atoms with Crippen LogP contribution in [-0.2, 0) is 4.79 Å². The maximum atomic E-state index is 11.2. The van der Waals surface area contributed by atoms with Crippen LogP contribution in [0, 0.1) is 11.3 Å². The summed E-state index contributed by atoms with van der Waals surface area (Å²) in [5.74, 6) is -0.0399. The van der Waals surface area contributed by atoms with E-state index in [-0.39, 0.29) is 5.91 Å². The highest BCUT2D eigenvalue weighted by atomic mass is 16.3. The molecule has 0 aliphatic heterocycles. The molecule has 5 nitrogen and oxygen atoms in total. The van der Waals surface area contributed by atoms with E-state index in [1.807, 2.05) is 11.9 Å². The zero-order valence-electron chi connectivity index (χ0n) is 11.5. The molecular weight excluding hydrogens is 242 g/mol. The van der Waals surface area contributed by atoms with Gasteiger partial charge in [0, 0.05) is 38.3 Å². The minimum absolute atomic E-state index is 0.0399. The normalized spacial score (nSPS) is 11.5. The molecule has 5 heteroatoms. The monoisotopic (exact) mass is 261 g/mol. The zero-order chi connectivity index (χ0) is 14.4. The molecule has 0 spiro atoms. The first-order chi connectivity index (χ1) is 8.99. The van der Waals surface area contributed by atoms with Crippen molar-refractivity contribution in [3.63, 3.8) is 0 Å². The molecule has 1 rings (SSSR count). The lowest BCUT2D eigenvalue weighted by Gasteiger charge is -2.23. The van der Waals surface area contributed by atoms with E-state index in [9.17, 15) is 9.90 Å². The summed E-state index contributed by atoms with van der Waals surface area (Å²) >= 11 is 0. The van der Waals surface area contributed by atoms with E-state index < -0.39 is 6.10 Å². The third-order valence-corrected chi connectivity index (χ3v) is 2.97. The average molecular weight is 261 g/mol. The van der Waals surface area contributed by atoms with Crippen molar-refractivity contribution in [3.05, 3.63) is 29.3 Å². The number of anilines is 1. The van der Waals surface area contributed by atoms with Gasteiger partial charge in [-0.25, -0.2) is 0 Å². The molecule has 1 atom stereocenters. The summed E-state index contributed by atoms with van der Waals surface area (Å²) in [6.07, 6.45) is -0.256. The van der Waals surface area contributed by atoms with Gasteiger partial charge in [-0.05, 0) is 19.1 Å². The Balaban J connectivity index is 2.96. The fourth-order valence-electron chi connectivity index (χ4n) is 1.81. The number of carbonyl (C=O) groups is 1. The summed E-state index contributed by atoms with van der Waals surface area (Å²) in [6, 6.07) is 7.23. The highest BCUT2D eigenvalue weighted by Crippen LogP contribution is 2.26. The summed E-state index contributed by atoms with van der Waals surface area (Å²) in [7, 11) is 3.44. The summed E-state index contributed by atoms with van der Waals surface area (Å²) < 4.78 is 0. The Morgan fingerprint density at radius 2 is 2.26 bits per heavy atom. The Hall–Kier alpha value is -2.06. The van der Waals surface area contributed by atoms with E-state index in [0.717, 1.165) is 11.3 Å². The Morgan fingerprint density at radius 3 is 2.79 bits per heavy atom. The van der Waals surface area contributed by atoms with Crippen molar-refractivity contribution in [2.75, 3.05) is 25.5 Å². The molecule has 0 fully saturated rings. The van der Waals surface area contributed by atoms with Crippen LogP contribution >= 0.6 is 0 Å².